The minimum Gasteiger partial charge on any atom is -0.324 e. The smallest absolute Gasteiger partial charge is 0.263 e. The lowest BCUT2D eigenvalue weighted by Gasteiger charge is -2.18. The molecule has 144 valence electrons. The van der Waals surface area contributed by atoms with E-state index in [1.807, 2.05) is 13.0 Å². The predicted octanol–water partition coefficient (Wildman–Crippen LogP) is 3.83. The number of carbonyl (C=O) groups is 1. The number of fused-ring (bicyclic) bond motifs is 2. The molecular weight excluding hydrogens is 376 g/mol. The molecule has 1 aromatic carbocycles. The number of benzene rings is 1. The van der Waals surface area contributed by atoms with Gasteiger partial charge in [0.15, 0.2) is 5.65 Å². The topological polar surface area (TPSA) is 76.9 Å². The van der Waals surface area contributed by atoms with Crippen molar-refractivity contribution >= 4 is 34.2 Å². The van der Waals surface area contributed by atoms with Crippen LogP contribution in [-0.4, -0.2) is 20.4 Å². The molecule has 3 aromatic rings. The van der Waals surface area contributed by atoms with Gasteiger partial charge in [0.2, 0.25) is 5.91 Å². The van der Waals surface area contributed by atoms with Crippen molar-refractivity contribution in [2.24, 2.45) is 0 Å². The zero-order valence-electron chi connectivity index (χ0n) is 15.8. The van der Waals surface area contributed by atoms with Crippen LogP contribution in [0.4, 0.5) is 5.69 Å². The molecule has 0 saturated carbocycles. The predicted molar refractivity (Wildman–Crippen MR) is 110 cm³/mol. The number of amides is 1. The van der Waals surface area contributed by atoms with Crippen LogP contribution in [0.15, 0.2) is 35.4 Å². The Bertz CT molecular complexity index is 1140. The van der Waals surface area contributed by atoms with Gasteiger partial charge in [0, 0.05) is 16.4 Å². The van der Waals surface area contributed by atoms with E-state index in [9.17, 15) is 9.59 Å². The number of hydrogen-bond donors (Lipinski definition) is 1. The zero-order chi connectivity index (χ0) is 19.8. The first-order chi connectivity index (χ1) is 13.5. The molecule has 4 rings (SSSR count). The van der Waals surface area contributed by atoms with E-state index in [1.165, 1.54) is 10.9 Å². The summed E-state index contributed by atoms with van der Waals surface area (Å²) in [5.74, 6) is -0.306. The second-order valence-electron chi connectivity index (χ2n) is 7.21. The monoisotopic (exact) mass is 396 g/mol. The molecule has 6 nitrogen and oxygen atoms in total. The molecule has 1 aliphatic carbocycles. The number of anilines is 1. The molecule has 1 N–H and O–H groups in total. The number of pyridine rings is 1. The average Bonchev–Trinajstić information content (AvgIpc) is 2.70. The highest BCUT2D eigenvalue weighted by Gasteiger charge is 2.20. The summed E-state index contributed by atoms with van der Waals surface area (Å²) in [5, 5.41) is 3.88. The SMILES string of the molecule is Cc1c(Cl)cccc1NC(=O)[C@H](C)n1cnc2nc3c(cc2c1=O)CCCC3. The summed E-state index contributed by atoms with van der Waals surface area (Å²) in [4.78, 5) is 34.7. The van der Waals surface area contributed by atoms with E-state index < -0.39 is 6.04 Å². The molecule has 0 fully saturated rings. The zero-order valence-corrected chi connectivity index (χ0v) is 16.6. The number of aryl methyl sites for hydroxylation is 2. The Labute approximate surface area is 167 Å². The Balaban J connectivity index is 1.68. The number of halogens is 1. The summed E-state index contributed by atoms with van der Waals surface area (Å²) in [6.07, 6.45) is 5.47. The molecule has 1 amide bonds. The van der Waals surface area contributed by atoms with Gasteiger partial charge >= 0.3 is 0 Å². The molecule has 28 heavy (non-hydrogen) atoms. The Kier molecular flexibility index (Phi) is 4.89. The van der Waals surface area contributed by atoms with E-state index in [0.717, 1.165) is 42.5 Å². The molecule has 0 saturated heterocycles. The van der Waals surface area contributed by atoms with Gasteiger partial charge in [0.25, 0.3) is 5.56 Å². The third kappa shape index (κ3) is 3.29. The lowest BCUT2D eigenvalue weighted by molar-refractivity contribution is -0.118. The first kappa shape index (κ1) is 18.6. The van der Waals surface area contributed by atoms with Crippen LogP contribution in [0.2, 0.25) is 5.02 Å². The van der Waals surface area contributed by atoms with E-state index in [4.69, 9.17) is 11.6 Å². The van der Waals surface area contributed by atoms with Gasteiger partial charge in [-0.15, -0.1) is 0 Å². The fourth-order valence-electron chi connectivity index (χ4n) is 3.57. The molecule has 1 atom stereocenters. The van der Waals surface area contributed by atoms with Crippen LogP contribution in [0.5, 0.6) is 0 Å². The van der Waals surface area contributed by atoms with Gasteiger partial charge in [0.1, 0.15) is 12.4 Å². The van der Waals surface area contributed by atoms with E-state index in [2.05, 4.69) is 15.3 Å². The summed E-state index contributed by atoms with van der Waals surface area (Å²) in [6, 6.07) is 6.49. The Morgan fingerprint density at radius 3 is 2.89 bits per heavy atom. The van der Waals surface area contributed by atoms with Crippen molar-refractivity contribution in [2.75, 3.05) is 5.32 Å². The highest BCUT2D eigenvalue weighted by atomic mass is 35.5. The number of nitrogens with one attached hydrogen (secondary N) is 1. The van der Waals surface area contributed by atoms with Crippen molar-refractivity contribution in [1.82, 2.24) is 14.5 Å². The second-order valence-corrected chi connectivity index (χ2v) is 7.61. The standard InChI is InChI=1S/C21H21ClN4O2/c1-12-16(22)7-5-9-17(12)25-20(27)13(2)26-11-23-19-15(21(26)28)10-14-6-3-4-8-18(14)24-19/h5,7,9-11,13H,3-4,6,8H2,1-2H3,(H,25,27)/t13-/m0/s1. The van der Waals surface area contributed by atoms with Crippen LogP contribution in [0.3, 0.4) is 0 Å². The molecular formula is C21H21ClN4O2. The van der Waals surface area contributed by atoms with E-state index >= 15 is 0 Å². The average molecular weight is 397 g/mol. The summed E-state index contributed by atoms with van der Waals surface area (Å²) in [5.41, 5.74) is 3.75. The molecule has 2 aromatic heterocycles. The number of carbonyl (C=O) groups excluding carboxylic acids is 1. The number of hydrogen-bond acceptors (Lipinski definition) is 4. The van der Waals surface area contributed by atoms with Crippen LogP contribution < -0.4 is 10.9 Å². The summed E-state index contributed by atoms with van der Waals surface area (Å²) < 4.78 is 1.36. The third-order valence-electron chi connectivity index (χ3n) is 5.37. The van der Waals surface area contributed by atoms with Gasteiger partial charge in [-0.2, -0.15) is 0 Å². The van der Waals surface area contributed by atoms with Crippen molar-refractivity contribution in [1.29, 1.82) is 0 Å². The van der Waals surface area contributed by atoms with Gasteiger partial charge < -0.3 is 5.32 Å². The Morgan fingerprint density at radius 2 is 2.07 bits per heavy atom. The second kappa shape index (κ2) is 7.36. The van der Waals surface area contributed by atoms with Gasteiger partial charge in [0.05, 0.1) is 5.39 Å². The van der Waals surface area contributed by atoms with Crippen molar-refractivity contribution in [2.45, 2.75) is 45.6 Å². The maximum absolute atomic E-state index is 13.0. The van der Waals surface area contributed by atoms with E-state index in [0.29, 0.717) is 21.7 Å². The van der Waals surface area contributed by atoms with Crippen LogP contribution in [0.25, 0.3) is 11.0 Å². The quantitative estimate of drug-likeness (QED) is 0.729. The fraction of sp³-hybridized carbons (Fsp3) is 0.333. The minimum absolute atomic E-state index is 0.253. The number of aromatic nitrogens is 3. The van der Waals surface area contributed by atoms with Crippen molar-refractivity contribution < 1.29 is 4.79 Å². The fourth-order valence-corrected chi connectivity index (χ4v) is 3.74. The summed E-state index contributed by atoms with van der Waals surface area (Å²) in [7, 11) is 0. The van der Waals surface area contributed by atoms with Crippen LogP contribution in [-0.2, 0) is 17.6 Å². The highest BCUT2D eigenvalue weighted by molar-refractivity contribution is 6.31. The molecule has 7 heteroatoms. The maximum atomic E-state index is 13.0. The molecule has 0 spiro atoms. The van der Waals surface area contributed by atoms with E-state index in [1.54, 1.807) is 25.1 Å². The largest absolute Gasteiger partial charge is 0.324 e. The Morgan fingerprint density at radius 1 is 1.29 bits per heavy atom. The molecule has 0 bridgehead atoms. The lowest BCUT2D eigenvalue weighted by Crippen LogP contribution is -2.32. The van der Waals surface area contributed by atoms with Crippen molar-refractivity contribution in [3.63, 3.8) is 0 Å². The lowest BCUT2D eigenvalue weighted by atomic mass is 9.95. The first-order valence-corrected chi connectivity index (χ1v) is 9.79. The molecule has 1 aliphatic rings. The van der Waals surface area contributed by atoms with E-state index in [-0.39, 0.29) is 11.5 Å². The van der Waals surface area contributed by atoms with Crippen molar-refractivity contribution in [3.8, 4) is 0 Å². The van der Waals surface area contributed by atoms with Gasteiger partial charge in [-0.05, 0) is 68.9 Å². The molecule has 2 heterocycles. The Hall–Kier alpha value is -2.73. The molecule has 0 aliphatic heterocycles. The third-order valence-corrected chi connectivity index (χ3v) is 5.78. The maximum Gasteiger partial charge on any atom is 0.263 e. The number of rotatable bonds is 3. The minimum atomic E-state index is -0.723. The van der Waals surface area contributed by atoms with Crippen LogP contribution in [0.1, 0.15) is 42.6 Å². The van der Waals surface area contributed by atoms with Gasteiger partial charge in [-0.25, -0.2) is 9.97 Å². The molecule has 0 radical (unpaired) electrons. The first-order valence-electron chi connectivity index (χ1n) is 9.41. The van der Waals surface area contributed by atoms with Gasteiger partial charge in [-0.3, -0.25) is 14.2 Å². The van der Waals surface area contributed by atoms with Crippen LogP contribution >= 0.6 is 11.6 Å². The van der Waals surface area contributed by atoms with Gasteiger partial charge in [-0.1, -0.05) is 17.7 Å². The summed E-state index contributed by atoms with van der Waals surface area (Å²) >= 11 is 6.12. The van der Waals surface area contributed by atoms with Crippen LogP contribution in [0, 0.1) is 6.92 Å². The number of nitrogens with zero attached hydrogens (tertiary/aromatic N) is 3. The van der Waals surface area contributed by atoms with Crippen molar-refractivity contribution in [3.05, 3.63) is 62.8 Å². The molecule has 0 unspecified atom stereocenters. The summed E-state index contributed by atoms with van der Waals surface area (Å²) in [6.45, 7) is 3.51. The highest BCUT2D eigenvalue weighted by Crippen LogP contribution is 2.24. The normalized spacial score (nSPS) is 14.5.